The number of hydrogen-bond acceptors (Lipinski definition) is 4. The molecule has 2 aromatic rings. The van der Waals surface area contributed by atoms with E-state index in [0.29, 0.717) is 30.3 Å². The number of amides is 1. The van der Waals surface area contributed by atoms with Crippen molar-refractivity contribution in [2.45, 2.75) is 31.8 Å². The van der Waals surface area contributed by atoms with Crippen molar-refractivity contribution in [2.75, 3.05) is 6.54 Å². The summed E-state index contributed by atoms with van der Waals surface area (Å²) in [5.41, 5.74) is 0.264. The van der Waals surface area contributed by atoms with Gasteiger partial charge in [0.05, 0.1) is 17.2 Å². The lowest BCUT2D eigenvalue weighted by Gasteiger charge is -2.25. The van der Waals surface area contributed by atoms with Crippen molar-refractivity contribution >= 4 is 22.8 Å². The van der Waals surface area contributed by atoms with Crippen LogP contribution < -0.4 is 5.56 Å². The average molecular weight is 315 g/mol. The smallest absolute Gasteiger partial charge is 0.326 e. The highest BCUT2D eigenvalue weighted by Gasteiger charge is 2.36. The van der Waals surface area contributed by atoms with Gasteiger partial charge in [-0.2, -0.15) is 0 Å². The van der Waals surface area contributed by atoms with Crippen LogP contribution in [-0.2, 0) is 9.59 Å². The van der Waals surface area contributed by atoms with Gasteiger partial charge in [0.1, 0.15) is 12.1 Å². The van der Waals surface area contributed by atoms with Crippen molar-refractivity contribution in [3.8, 4) is 0 Å². The monoisotopic (exact) mass is 315 g/mol. The highest BCUT2D eigenvalue weighted by Crippen LogP contribution is 2.21. The Morgan fingerprint density at radius 3 is 2.83 bits per heavy atom. The fraction of sp³-hybridized carbons (Fsp3) is 0.375. The molecule has 0 spiro atoms. The number of likely N-dealkylation sites (tertiary alicyclic amines) is 1. The fourth-order valence-corrected chi connectivity index (χ4v) is 3.01. The molecule has 1 aliphatic heterocycles. The van der Waals surface area contributed by atoms with E-state index >= 15 is 0 Å². The van der Waals surface area contributed by atoms with Gasteiger partial charge in [-0.25, -0.2) is 9.78 Å². The summed E-state index contributed by atoms with van der Waals surface area (Å²) < 4.78 is 1.27. The van der Waals surface area contributed by atoms with Gasteiger partial charge in [0.2, 0.25) is 5.91 Å². The van der Waals surface area contributed by atoms with E-state index in [4.69, 9.17) is 0 Å². The summed E-state index contributed by atoms with van der Waals surface area (Å²) in [4.78, 5) is 42.0. The number of aliphatic carboxylic acids is 1. The van der Waals surface area contributed by atoms with Crippen molar-refractivity contribution in [3.63, 3.8) is 0 Å². The number of carbonyl (C=O) groups is 2. The highest BCUT2D eigenvalue weighted by atomic mass is 16.4. The highest BCUT2D eigenvalue weighted by molar-refractivity contribution is 5.86. The molecule has 0 radical (unpaired) electrons. The number of benzene rings is 1. The first-order chi connectivity index (χ1) is 11.0. The Morgan fingerprint density at radius 1 is 1.35 bits per heavy atom. The Bertz CT molecular complexity index is 829. The molecular formula is C16H17N3O4. The molecule has 1 saturated heterocycles. The number of para-hydroxylation sites is 1. The molecule has 7 nitrogen and oxygen atoms in total. The van der Waals surface area contributed by atoms with Crippen molar-refractivity contribution < 1.29 is 14.7 Å². The average Bonchev–Trinajstić information content (AvgIpc) is 3.04. The van der Waals surface area contributed by atoms with E-state index in [-0.39, 0.29) is 11.5 Å². The van der Waals surface area contributed by atoms with Crippen LogP contribution in [0.4, 0.5) is 0 Å². The predicted octanol–water partition coefficient (Wildman–Crippen LogP) is 1.03. The number of nitrogens with zero attached hydrogens (tertiary/aromatic N) is 3. The molecule has 1 aromatic carbocycles. The molecule has 0 saturated carbocycles. The molecule has 1 aromatic heterocycles. The van der Waals surface area contributed by atoms with Crippen LogP contribution in [0, 0.1) is 0 Å². The molecule has 120 valence electrons. The second-order valence-corrected chi connectivity index (χ2v) is 5.68. The minimum Gasteiger partial charge on any atom is -0.480 e. The van der Waals surface area contributed by atoms with E-state index in [1.165, 1.54) is 15.8 Å². The van der Waals surface area contributed by atoms with Gasteiger partial charge >= 0.3 is 5.97 Å². The topological polar surface area (TPSA) is 92.5 Å². The fourth-order valence-electron chi connectivity index (χ4n) is 3.01. The van der Waals surface area contributed by atoms with Crippen LogP contribution in [0.3, 0.4) is 0 Å². The van der Waals surface area contributed by atoms with Crippen LogP contribution in [0.5, 0.6) is 0 Å². The van der Waals surface area contributed by atoms with Gasteiger partial charge in [0, 0.05) is 6.54 Å². The van der Waals surface area contributed by atoms with E-state index in [1.54, 1.807) is 31.2 Å². The first-order valence-electron chi connectivity index (χ1n) is 7.50. The third kappa shape index (κ3) is 2.58. The van der Waals surface area contributed by atoms with Crippen LogP contribution in [0.2, 0.25) is 0 Å². The molecule has 1 fully saturated rings. The normalized spacial score (nSPS) is 19.0. The molecule has 3 rings (SSSR count). The van der Waals surface area contributed by atoms with Crippen molar-refractivity contribution in [1.29, 1.82) is 0 Å². The summed E-state index contributed by atoms with van der Waals surface area (Å²) in [5, 5.41) is 9.64. The molecular weight excluding hydrogens is 298 g/mol. The first-order valence-corrected chi connectivity index (χ1v) is 7.50. The molecule has 2 unspecified atom stereocenters. The molecule has 1 amide bonds. The number of fused-ring (bicyclic) bond motifs is 1. The van der Waals surface area contributed by atoms with Crippen LogP contribution >= 0.6 is 0 Å². The second kappa shape index (κ2) is 5.83. The van der Waals surface area contributed by atoms with Crippen LogP contribution in [0.15, 0.2) is 35.4 Å². The van der Waals surface area contributed by atoms with Gasteiger partial charge < -0.3 is 10.0 Å². The third-order valence-corrected chi connectivity index (χ3v) is 4.29. The van der Waals surface area contributed by atoms with Crippen LogP contribution in [0.1, 0.15) is 25.8 Å². The zero-order valence-corrected chi connectivity index (χ0v) is 12.7. The molecule has 7 heteroatoms. The summed E-state index contributed by atoms with van der Waals surface area (Å²) in [6, 6.07) is 5.31. The first kappa shape index (κ1) is 15.2. The molecule has 0 bridgehead atoms. The maximum absolute atomic E-state index is 12.6. The van der Waals surface area contributed by atoms with Crippen molar-refractivity contribution in [2.24, 2.45) is 0 Å². The largest absolute Gasteiger partial charge is 0.480 e. The lowest BCUT2D eigenvalue weighted by molar-refractivity contribution is -0.149. The van der Waals surface area contributed by atoms with E-state index < -0.39 is 18.1 Å². The summed E-state index contributed by atoms with van der Waals surface area (Å²) >= 11 is 0. The van der Waals surface area contributed by atoms with E-state index in [2.05, 4.69) is 4.98 Å². The van der Waals surface area contributed by atoms with Gasteiger partial charge in [0.25, 0.3) is 5.56 Å². The molecule has 23 heavy (non-hydrogen) atoms. The summed E-state index contributed by atoms with van der Waals surface area (Å²) in [7, 11) is 0. The van der Waals surface area contributed by atoms with Crippen molar-refractivity contribution in [1.82, 2.24) is 14.5 Å². The van der Waals surface area contributed by atoms with Crippen LogP contribution in [-0.4, -0.2) is 44.0 Å². The van der Waals surface area contributed by atoms with E-state index in [0.717, 1.165) is 0 Å². The number of aromatic nitrogens is 2. The van der Waals surface area contributed by atoms with Gasteiger partial charge in [-0.05, 0) is 31.9 Å². The molecule has 1 N–H and O–H groups in total. The van der Waals surface area contributed by atoms with E-state index in [9.17, 15) is 19.5 Å². The number of carbonyl (C=O) groups excluding carboxylic acids is 1. The Labute approximate surface area is 132 Å². The molecule has 2 atom stereocenters. The zero-order chi connectivity index (χ0) is 16.6. The minimum atomic E-state index is -1.01. The Kier molecular flexibility index (Phi) is 3.85. The zero-order valence-electron chi connectivity index (χ0n) is 12.7. The molecule has 0 aliphatic carbocycles. The van der Waals surface area contributed by atoms with Gasteiger partial charge in [-0.1, -0.05) is 12.1 Å². The Balaban J connectivity index is 1.95. The summed E-state index contributed by atoms with van der Waals surface area (Å²) in [5.74, 6) is -1.37. The van der Waals surface area contributed by atoms with Gasteiger partial charge in [-0.15, -0.1) is 0 Å². The SMILES string of the molecule is CC(C(=O)N1CCCC1C(=O)O)n1cnc2ccccc2c1=O. The van der Waals surface area contributed by atoms with Crippen LogP contribution in [0.25, 0.3) is 10.9 Å². The quantitative estimate of drug-likeness (QED) is 0.913. The Morgan fingerprint density at radius 2 is 2.09 bits per heavy atom. The maximum Gasteiger partial charge on any atom is 0.326 e. The lowest BCUT2D eigenvalue weighted by atomic mass is 10.2. The second-order valence-electron chi connectivity index (χ2n) is 5.68. The third-order valence-electron chi connectivity index (χ3n) is 4.29. The molecule has 1 aliphatic rings. The summed E-state index contributed by atoms with van der Waals surface area (Å²) in [6.45, 7) is 1.99. The maximum atomic E-state index is 12.6. The van der Waals surface area contributed by atoms with Crippen molar-refractivity contribution in [3.05, 3.63) is 40.9 Å². The number of hydrogen-bond donors (Lipinski definition) is 1. The van der Waals surface area contributed by atoms with Gasteiger partial charge in [0.15, 0.2) is 0 Å². The summed E-state index contributed by atoms with van der Waals surface area (Å²) in [6.07, 6.45) is 2.44. The standard InChI is InChI=1S/C16H17N3O4/c1-10(14(20)18-8-4-7-13(18)16(22)23)19-9-17-12-6-3-2-5-11(12)15(19)21/h2-3,5-6,9-10,13H,4,7-8H2,1H3,(H,22,23). The van der Waals surface area contributed by atoms with E-state index in [1.807, 2.05) is 0 Å². The number of rotatable bonds is 3. The predicted molar refractivity (Wildman–Crippen MR) is 83.1 cm³/mol. The molecule has 2 heterocycles. The lowest BCUT2D eigenvalue weighted by Crippen LogP contribution is -2.44. The van der Waals surface area contributed by atoms with Gasteiger partial charge in [-0.3, -0.25) is 14.2 Å². The Hall–Kier alpha value is -2.70. The number of carboxylic acids is 1. The minimum absolute atomic E-state index is 0.303. The number of carboxylic acid groups (broad SMARTS) is 1.